The molecule has 2 aromatic rings. The molecular formula is C12H10BrClN2O3S2. The first-order chi connectivity index (χ1) is 9.70. The summed E-state index contributed by atoms with van der Waals surface area (Å²) < 4.78 is 27.8. The van der Waals surface area contributed by atoms with E-state index in [1.807, 2.05) is 0 Å². The number of nitrogens with two attached hydrogens (primary N) is 1. The average molecular weight is 410 g/mol. The van der Waals surface area contributed by atoms with Crippen LogP contribution in [0.1, 0.15) is 15.2 Å². The van der Waals surface area contributed by atoms with Gasteiger partial charge in [0, 0.05) is 10.4 Å². The Hall–Kier alpha value is -1.09. The van der Waals surface area contributed by atoms with E-state index in [-0.39, 0.29) is 21.2 Å². The number of sulfonamides is 1. The quantitative estimate of drug-likeness (QED) is 0.811. The summed E-state index contributed by atoms with van der Waals surface area (Å²) in [5, 5.41) is 0.176. The molecule has 1 amide bonds. The zero-order valence-corrected chi connectivity index (χ0v) is 14.7. The van der Waals surface area contributed by atoms with E-state index in [4.69, 9.17) is 17.3 Å². The molecule has 0 aliphatic heterocycles. The number of carbonyl (C=O) groups is 1. The number of primary amides is 1. The molecular weight excluding hydrogens is 400 g/mol. The number of aryl methyl sites for hydroxylation is 1. The number of anilines is 1. The minimum atomic E-state index is -3.79. The number of hydrogen-bond donors (Lipinski definition) is 2. The fourth-order valence-corrected chi connectivity index (χ4v) is 5.36. The van der Waals surface area contributed by atoms with Gasteiger partial charge in [-0.3, -0.25) is 9.52 Å². The lowest BCUT2D eigenvalue weighted by Gasteiger charge is -2.10. The predicted octanol–water partition coefficient (Wildman–Crippen LogP) is 3.37. The van der Waals surface area contributed by atoms with Crippen LogP contribution in [0.4, 0.5) is 5.69 Å². The summed E-state index contributed by atoms with van der Waals surface area (Å²) in [7, 11) is -3.79. The highest BCUT2D eigenvalue weighted by Gasteiger charge is 2.21. The smallest absolute Gasteiger partial charge is 0.263 e. The number of benzene rings is 1. The third kappa shape index (κ3) is 3.57. The highest BCUT2D eigenvalue weighted by atomic mass is 79.9. The van der Waals surface area contributed by atoms with Crippen LogP contribution in [0, 0.1) is 6.92 Å². The molecule has 1 aromatic carbocycles. The Bertz CT molecular complexity index is 818. The molecule has 0 saturated heterocycles. The first-order valence-corrected chi connectivity index (χ1v) is 9.06. The summed E-state index contributed by atoms with van der Waals surface area (Å²) in [5.74, 6) is -0.665. The summed E-state index contributed by atoms with van der Waals surface area (Å²) in [5.41, 5.74) is 5.44. The normalized spacial score (nSPS) is 11.4. The van der Waals surface area contributed by atoms with Gasteiger partial charge in [0.05, 0.1) is 14.5 Å². The van der Waals surface area contributed by atoms with Crippen LogP contribution in [-0.4, -0.2) is 14.3 Å². The van der Waals surface area contributed by atoms with E-state index in [1.165, 1.54) is 35.6 Å². The van der Waals surface area contributed by atoms with Crippen molar-refractivity contribution >= 4 is 60.5 Å². The third-order valence-corrected chi connectivity index (χ3v) is 6.13. The van der Waals surface area contributed by atoms with Crippen molar-refractivity contribution in [3.8, 4) is 0 Å². The summed E-state index contributed by atoms with van der Waals surface area (Å²) in [4.78, 5) is 11.9. The molecule has 3 N–H and O–H groups in total. The van der Waals surface area contributed by atoms with E-state index in [9.17, 15) is 13.2 Å². The Morgan fingerprint density at radius 2 is 2.05 bits per heavy atom. The number of hydrogen-bond acceptors (Lipinski definition) is 4. The first-order valence-electron chi connectivity index (χ1n) is 5.59. The van der Waals surface area contributed by atoms with Gasteiger partial charge in [0.1, 0.15) is 4.90 Å². The molecule has 1 aromatic heterocycles. The molecule has 2 rings (SSSR count). The zero-order chi connectivity index (χ0) is 15.8. The molecule has 0 atom stereocenters. The largest absolute Gasteiger partial charge is 0.366 e. The highest BCUT2D eigenvalue weighted by molar-refractivity contribution is 9.11. The maximum atomic E-state index is 12.4. The van der Waals surface area contributed by atoms with Gasteiger partial charge in [-0.15, -0.1) is 11.3 Å². The van der Waals surface area contributed by atoms with Crippen molar-refractivity contribution in [3.05, 3.63) is 43.5 Å². The monoisotopic (exact) mass is 408 g/mol. The molecule has 21 heavy (non-hydrogen) atoms. The Kier molecular flexibility index (Phi) is 4.62. The Balaban J connectivity index is 2.43. The predicted molar refractivity (Wildman–Crippen MR) is 87.5 cm³/mol. The fraction of sp³-hybridized carbons (Fsp3) is 0.0833. The van der Waals surface area contributed by atoms with Crippen LogP contribution in [0.2, 0.25) is 5.02 Å². The topological polar surface area (TPSA) is 89.3 Å². The standard InChI is InChI=1S/C12H10BrClN2O3S2/c1-6-10(5-11(13)20-6)21(18,19)16-9-4-7(12(15)17)2-3-8(9)14/h2-5,16H,1H3,(H2,15,17). The average Bonchev–Trinajstić information content (AvgIpc) is 2.71. The van der Waals surface area contributed by atoms with Crippen molar-refractivity contribution in [1.82, 2.24) is 0 Å². The molecule has 0 bridgehead atoms. The Morgan fingerprint density at radius 1 is 1.38 bits per heavy atom. The molecule has 1 heterocycles. The van der Waals surface area contributed by atoms with E-state index >= 15 is 0 Å². The van der Waals surface area contributed by atoms with Crippen molar-refractivity contribution in [3.63, 3.8) is 0 Å². The third-order valence-electron chi connectivity index (χ3n) is 2.63. The second kappa shape index (κ2) is 5.96. The zero-order valence-electron chi connectivity index (χ0n) is 10.7. The van der Waals surface area contributed by atoms with Gasteiger partial charge in [0.25, 0.3) is 10.0 Å². The van der Waals surface area contributed by atoms with E-state index in [0.29, 0.717) is 8.66 Å². The Morgan fingerprint density at radius 3 is 2.57 bits per heavy atom. The van der Waals surface area contributed by atoms with Crippen molar-refractivity contribution in [2.24, 2.45) is 5.73 Å². The van der Waals surface area contributed by atoms with Crippen LogP contribution >= 0.6 is 38.9 Å². The van der Waals surface area contributed by atoms with E-state index in [0.717, 1.165) is 0 Å². The number of thiophene rings is 1. The summed E-state index contributed by atoms with van der Waals surface area (Å²) in [6, 6.07) is 5.65. The van der Waals surface area contributed by atoms with E-state index in [2.05, 4.69) is 20.7 Å². The minimum Gasteiger partial charge on any atom is -0.366 e. The van der Waals surface area contributed by atoms with Crippen LogP contribution in [0.3, 0.4) is 0 Å². The first kappa shape index (κ1) is 16.3. The lowest BCUT2D eigenvalue weighted by molar-refractivity contribution is 0.100. The van der Waals surface area contributed by atoms with Gasteiger partial charge in [-0.25, -0.2) is 8.42 Å². The van der Waals surface area contributed by atoms with Gasteiger partial charge < -0.3 is 5.73 Å². The molecule has 112 valence electrons. The fourth-order valence-electron chi connectivity index (χ4n) is 1.65. The van der Waals surface area contributed by atoms with E-state index < -0.39 is 15.9 Å². The molecule has 0 spiro atoms. The molecule has 0 radical (unpaired) electrons. The van der Waals surface area contributed by atoms with Crippen LogP contribution < -0.4 is 10.5 Å². The van der Waals surface area contributed by atoms with Crippen molar-refractivity contribution in [2.45, 2.75) is 11.8 Å². The van der Waals surface area contributed by atoms with Crippen molar-refractivity contribution in [1.29, 1.82) is 0 Å². The number of rotatable bonds is 4. The van der Waals surface area contributed by atoms with Gasteiger partial charge in [-0.1, -0.05) is 11.6 Å². The molecule has 0 unspecified atom stereocenters. The SMILES string of the molecule is Cc1sc(Br)cc1S(=O)(=O)Nc1cc(C(N)=O)ccc1Cl. The van der Waals surface area contributed by atoms with Crippen LogP contribution in [-0.2, 0) is 10.0 Å². The van der Waals surface area contributed by atoms with Crippen LogP contribution in [0.15, 0.2) is 32.9 Å². The minimum absolute atomic E-state index is 0.106. The second-order valence-electron chi connectivity index (χ2n) is 4.14. The molecule has 0 aliphatic carbocycles. The Labute approximate surface area is 139 Å². The summed E-state index contributed by atoms with van der Waals surface area (Å²) in [6.45, 7) is 1.70. The van der Waals surface area contributed by atoms with E-state index in [1.54, 1.807) is 6.92 Å². The molecule has 5 nitrogen and oxygen atoms in total. The molecule has 0 aliphatic rings. The van der Waals surface area contributed by atoms with Crippen molar-refractivity contribution in [2.75, 3.05) is 4.72 Å². The lowest BCUT2D eigenvalue weighted by atomic mass is 10.2. The summed E-state index contributed by atoms with van der Waals surface area (Å²) >= 11 is 10.5. The maximum absolute atomic E-state index is 12.4. The van der Waals surface area contributed by atoms with Gasteiger partial charge in [-0.05, 0) is 47.1 Å². The molecule has 0 saturated carbocycles. The summed E-state index contributed by atoms with van der Waals surface area (Å²) in [6.07, 6.45) is 0. The van der Waals surface area contributed by atoms with Crippen LogP contribution in [0.25, 0.3) is 0 Å². The lowest BCUT2D eigenvalue weighted by Crippen LogP contribution is -2.15. The van der Waals surface area contributed by atoms with Crippen LogP contribution in [0.5, 0.6) is 0 Å². The van der Waals surface area contributed by atoms with Gasteiger partial charge >= 0.3 is 0 Å². The highest BCUT2D eigenvalue weighted by Crippen LogP contribution is 2.32. The molecule has 0 fully saturated rings. The number of halogens is 2. The number of carbonyl (C=O) groups excluding carboxylic acids is 1. The number of nitrogens with one attached hydrogen (secondary N) is 1. The van der Waals surface area contributed by atoms with Crippen molar-refractivity contribution < 1.29 is 13.2 Å². The van der Waals surface area contributed by atoms with Gasteiger partial charge in [0.15, 0.2) is 0 Å². The second-order valence-corrected chi connectivity index (χ2v) is 8.83. The maximum Gasteiger partial charge on any atom is 0.263 e. The number of amides is 1. The molecule has 9 heteroatoms. The van der Waals surface area contributed by atoms with Gasteiger partial charge in [0.2, 0.25) is 5.91 Å². The van der Waals surface area contributed by atoms with Gasteiger partial charge in [-0.2, -0.15) is 0 Å².